The Morgan fingerprint density at radius 3 is 2.78 bits per heavy atom. The second-order valence-electron chi connectivity index (χ2n) is 5.36. The predicted octanol–water partition coefficient (Wildman–Crippen LogP) is 2.89. The lowest BCUT2D eigenvalue weighted by Crippen LogP contribution is -2.45. The van der Waals surface area contributed by atoms with Crippen molar-refractivity contribution in [3.8, 4) is 0 Å². The van der Waals surface area contributed by atoms with Crippen molar-refractivity contribution < 1.29 is 14.2 Å². The Morgan fingerprint density at radius 2 is 2.00 bits per heavy atom. The van der Waals surface area contributed by atoms with E-state index in [0.717, 1.165) is 12.8 Å². The molecule has 0 aliphatic carbocycles. The molecule has 4 atom stereocenters. The third-order valence-corrected chi connectivity index (χ3v) is 3.92. The van der Waals surface area contributed by atoms with Crippen LogP contribution in [0.1, 0.15) is 32.3 Å². The van der Waals surface area contributed by atoms with E-state index in [1.165, 1.54) is 5.56 Å². The molecule has 3 rings (SSSR count). The fourth-order valence-electron chi connectivity index (χ4n) is 2.90. The van der Waals surface area contributed by atoms with Gasteiger partial charge in [-0.25, -0.2) is 0 Å². The fourth-order valence-corrected chi connectivity index (χ4v) is 2.90. The summed E-state index contributed by atoms with van der Waals surface area (Å²) in [6.07, 6.45) is 2.49. The van der Waals surface area contributed by atoms with Crippen molar-refractivity contribution in [2.75, 3.05) is 0 Å². The minimum absolute atomic E-state index is 0.0268. The Morgan fingerprint density at radius 1 is 1.22 bits per heavy atom. The number of hydrogen-bond donors (Lipinski definition) is 0. The molecule has 0 radical (unpaired) electrons. The van der Waals surface area contributed by atoms with Crippen LogP contribution in [0.15, 0.2) is 30.3 Å². The Balaban J connectivity index is 1.63. The van der Waals surface area contributed by atoms with Gasteiger partial charge in [0, 0.05) is 0 Å². The van der Waals surface area contributed by atoms with Gasteiger partial charge < -0.3 is 14.2 Å². The average Bonchev–Trinajstić information content (AvgIpc) is 2.61. The maximum atomic E-state index is 6.00. The van der Waals surface area contributed by atoms with Crippen LogP contribution in [-0.2, 0) is 20.8 Å². The van der Waals surface area contributed by atoms with Crippen molar-refractivity contribution >= 4 is 0 Å². The summed E-state index contributed by atoms with van der Waals surface area (Å²) in [5, 5.41) is 0. The molecule has 98 valence electrons. The van der Waals surface area contributed by atoms with E-state index in [4.69, 9.17) is 14.2 Å². The maximum Gasteiger partial charge on any atom is 0.192 e. The van der Waals surface area contributed by atoms with Gasteiger partial charge in [0.1, 0.15) is 6.10 Å². The smallest absolute Gasteiger partial charge is 0.192 e. The molecule has 1 aromatic rings. The van der Waals surface area contributed by atoms with E-state index in [1.54, 1.807) is 0 Å². The molecule has 0 amide bonds. The van der Waals surface area contributed by atoms with Crippen LogP contribution in [0, 0.1) is 0 Å². The van der Waals surface area contributed by atoms with Crippen LogP contribution in [0.25, 0.3) is 0 Å². The van der Waals surface area contributed by atoms with Gasteiger partial charge in [0.2, 0.25) is 0 Å². The topological polar surface area (TPSA) is 27.7 Å². The first kappa shape index (κ1) is 12.2. The molecule has 1 aromatic carbocycles. The molecule has 2 unspecified atom stereocenters. The summed E-state index contributed by atoms with van der Waals surface area (Å²) < 4.78 is 17.9. The molecular weight excluding hydrogens is 228 g/mol. The Hall–Kier alpha value is -0.900. The summed E-state index contributed by atoms with van der Waals surface area (Å²) in [5.74, 6) is -0.558. The van der Waals surface area contributed by atoms with Crippen molar-refractivity contribution in [2.45, 2.75) is 57.4 Å². The molecule has 2 aliphatic rings. The Kier molecular flexibility index (Phi) is 3.14. The monoisotopic (exact) mass is 248 g/mol. The third-order valence-electron chi connectivity index (χ3n) is 3.92. The van der Waals surface area contributed by atoms with E-state index >= 15 is 0 Å². The molecule has 2 fully saturated rings. The van der Waals surface area contributed by atoms with E-state index in [9.17, 15) is 0 Å². The standard InChI is InChI=1S/C15H20O3/c1-11-13-8-9-14(15(2,17-11)18-13)16-10-12-6-4-3-5-7-12/h3-7,11,13-14H,8-10H2,1-2H3/t11?,13-,14+,15?/m1/s1. The van der Waals surface area contributed by atoms with E-state index in [2.05, 4.69) is 19.1 Å². The first-order chi connectivity index (χ1) is 8.67. The highest BCUT2D eigenvalue weighted by Crippen LogP contribution is 2.41. The zero-order chi connectivity index (χ0) is 12.6. The molecule has 2 saturated heterocycles. The van der Waals surface area contributed by atoms with Gasteiger partial charge in [-0.05, 0) is 32.3 Å². The van der Waals surface area contributed by atoms with E-state index in [1.807, 2.05) is 25.1 Å². The predicted molar refractivity (Wildman–Crippen MR) is 68.1 cm³/mol. The van der Waals surface area contributed by atoms with Crippen LogP contribution in [0.5, 0.6) is 0 Å². The van der Waals surface area contributed by atoms with Gasteiger partial charge in [-0.3, -0.25) is 0 Å². The van der Waals surface area contributed by atoms with Gasteiger partial charge in [-0.1, -0.05) is 30.3 Å². The number of fused-ring (bicyclic) bond motifs is 2. The molecule has 3 heteroatoms. The highest BCUT2D eigenvalue weighted by Gasteiger charge is 2.51. The zero-order valence-corrected chi connectivity index (χ0v) is 11.0. The lowest BCUT2D eigenvalue weighted by atomic mass is 10.00. The fraction of sp³-hybridized carbons (Fsp3) is 0.600. The van der Waals surface area contributed by atoms with Gasteiger partial charge >= 0.3 is 0 Å². The van der Waals surface area contributed by atoms with Gasteiger partial charge in [-0.15, -0.1) is 0 Å². The highest BCUT2D eigenvalue weighted by atomic mass is 16.8. The molecule has 3 nitrogen and oxygen atoms in total. The number of hydrogen-bond acceptors (Lipinski definition) is 3. The Bertz CT molecular complexity index is 401. The van der Waals surface area contributed by atoms with Gasteiger partial charge in [0.25, 0.3) is 0 Å². The van der Waals surface area contributed by atoms with Gasteiger partial charge in [0.05, 0.1) is 18.8 Å². The summed E-state index contributed by atoms with van der Waals surface area (Å²) in [7, 11) is 0. The molecule has 0 spiro atoms. The molecule has 2 bridgehead atoms. The van der Waals surface area contributed by atoms with E-state index in [0.29, 0.717) is 6.61 Å². The third kappa shape index (κ3) is 2.18. The first-order valence-corrected chi connectivity index (χ1v) is 6.68. The van der Waals surface area contributed by atoms with E-state index in [-0.39, 0.29) is 18.3 Å². The SMILES string of the molecule is CC1OC2(C)O[C@@H]1CC[C@@H]2OCc1ccccc1. The van der Waals surface area contributed by atoms with Crippen LogP contribution in [0.2, 0.25) is 0 Å². The maximum absolute atomic E-state index is 6.00. The van der Waals surface area contributed by atoms with Crippen molar-refractivity contribution in [3.05, 3.63) is 35.9 Å². The minimum atomic E-state index is -0.558. The second kappa shape index (κ2) is 4.65. The van der Waals surface area contributed by atoms with Crippen molar-refractivity contribution in [2.24, 2.45) is 0 Å². The summed E-state index contributed by atoms with van der Waals surface area (Å²) in [6, 6.07) is 10.2. The van der Waals surface area contributed by atoms with Crippen LogP contribution in [0.4, 0.5) is 0 Å². The first-order valence-electron chi connectivity index (χ1n) is 6.68. The lowest BCUT2D eigenvalue weighted by molar-refractivity contribution is -0.252. The van der Waals surface area contributed by atoms with Gasteiger partial charge in [-0.2, -0.15) is 0 Å². The van der Waals surface area contributed by atoms with Crippen LogP contribution < -0.4 is 0 Å². The largest absolute Gasteiger partial charge is 0.368 e. The number of rotatable bonds is 3. The average molecular weight is 248 g/mol. The molecule has 0 aromatic heterocycles. The summed E-state index contributed by atoms with van der Waals surface area (Å²) >= 11 is 0. The molecule has 18 heavy (non-hydrogen) atoms. The van der Waals surface area contributed by atoms with Crippen LogP contribution in [-0.4, -0.2) is 24.1 Å². The van der Waals surface area contributed by atoms with Crippen LogP contribution in [0.3, 0.4) is 0 Å². The van der Waals surface area contributed by atoms with Crippen molar-refractivity contribution in [1.29, 1.82) is 0 Å². The molecule has 2 aliphatic heterocycles. The number of benzene rings is 1. The second-order valence-corrected chi connectivity index (χ2v) is 5.36. The van der Waals surface area contributed by atoms with Crippen molar-refractivity contribution in [3.63, 3.8) is 0 Å². The van der Waals surface area contributed by atoms with E-state index < -0.39 is 5.79 Å². The summed E-state index contributed by atoms with van der Waals surface area (Å²) in [6.45, 7) is 4.70. The molecule has 0 N–H and O–H groups in total. The van der Waals surface area contributed by atoms with Gasteiger partial charge in [0.15, 0.2) is 5.79 Å². The van der Waals surface area contributed by atoms with Crippen LogP contribution >= 0.6 is 0 Å². The van der Waals surface area contributed by atoms with Crippen molar-refractivity contribution in [1.82, 2.24) is 0 Å². The molecule has 0 saturated carbocycles. The highest BCUT2D eigenvalue weighted by molar-refractivity contribution is 5.13. The Labute approximate surface area is 108 Å². The number of ether oxygens (including phenoxy) is 3. The summed E-state index contributed by atoms with van der Waals surface area (Å²) in [5.41, 5.74) is 1.19. The normalized spacial score (nSPS) is 38.9. The zero-order valence-electron chi connectivity index (χ0n) is 11.0. The molecular formula is C15H20O3. The quantitative estimate of drug-likeness (QED) is 0.823. The molecule has 2 heterocycles. The summed E-state index contributed by atoms with van der Waals surface area (Å²) in [4.78, 5) is 0. The lowest BCUT2D eigenvalue weighted by Gasteiger charge is -2.36. The minimum Gasteiger partial charge on any atom is -0.368 e.